The van der Waals surface area contributed by atoms with Crippen molar-refractivity contribution in [2.24, 2.45) is 4.99 Å². The van der Waals surface area contributed by atoms with Crippen LogP contribution in [0.15, 0.2) is 4.99 Å². The first-order chi connectivity index (χ1) is 19.8. The van der Waals surface area contributed by atoms with Gasteiger partial charge in [-0.3, -0.25) is 0 Å². The Morgan fingerprint density at radius 3 is 0.800 bits per heavy atom. The topological polar surface area (TPSA) is 29.4 Å². The van der Waals surface area contributed by atoms with E-state index in [1.165, 1.54) is 205 Å². The molecular weight excluding hydrogens is 506 g/mol. The van der Waals surface area contributed by atoms with E-state index in [2.05, 4.69) is 24.5 Å². The molecule has 0 fully saturated rings. The third-order valence-corrected chi connectivity index (χ3v) is 9.14. The molecule has 0 aliphatic rings. The van der Waals surface area contributed by atoms with Crippen LogP contribution in [-0.4, -0.2) is 11.5 Å². The van der Waals surface area contributed by atoms with Crippen LogP contribution in [0.5, 0.6) is 0 Å². The van der Waals surface area contributed by atoms with Crippen LogP contribution < -0.4 is 0 Å². The van der Waals surface area contributed by atoms with Crippen LogP contribution in [0.25, 0.3) is 0 Å². The SMILES string of the molecule is CCCCCCCCCCCCCCCCCCCCCCCCCCCCCCCCCCCC(S)N=C=O. The van der Waals surface area contributed by atoms with Crippen molar-refractivity contribution in [3.8, 4) is 0 Å². The van der Waals surface area contributed by atoms with E-state index >= 15 is 0 Å². The lowest BCUT2D eigenvalue weighted by Gasteiger charge is -2.05. The Bertz CT molecular complexity index is 504. The predicted octanol–water partition coefficient (Wildman–Crippen LogP) is 13.9. The Morgan fingerprint density at radius 1 is 0.400 bits per heavy atom. The molecule has 0 aromatic heterocycles. The van der Waals surface area contributed by atoms with E-state index in [-0.39, 0.29) is 5.37 Å². The smallest absolute Gasteiger partial charge is 0.211 e. The lowest BCUT2D eigenvalue weighted by atomic mass is 10.0. The van der Waals surface area contributed by atoms with E-state index in [1.807, 2.05) is 0 Å². The first-order valence-corrected chi connectivity index (χ1v) is 19.1. The number of isocyanates is 1. The fourth-order valence-electron chi connectivity index (χ4n) is 6.01. The molecule has 40 heavy (non-hydrogen) atoms. The van der Waals surface area contributed by atoms with Crippen LogP contribution >= 0.6 is 12.6 Å². The second kappa shape index (κ2) is 36.8. The molecule has 0 aliphatic heterocycles. The fourth-order valence-corrected chi connectivity index (χ4v) is 6.24. The summed E-state index contributed by atoms with van der Waals surface area (Å²) in [6, 6.07) is 0. The monoisotopic (exact) mass is 580 g/mol. The fraction of sp³-hybridized carbons (Fsp3) is 0.973. The summed E-state index contributed by atoms with van der Waals surface area (Å²) in [6.45, 7) is 2.30. The standard InChI is InChI=1S/C37H73NOS/c1-2-3-4-5-6-7-8-9-10-11-12-13-14-15-16-17-18-19-20-21-22-23-24-25-26-27-28-29-30-31-32-33-34-35-37(40)38-36-39/h37,40H,2-35H2,1H3. The van der Waals surface area contributed by atoms with Crippen molar-refractivity contribution in [3.63, 3.8) is 0 Å². The van der Waals surface area contributed by atoms with Gasteiger partial charge < -0.3 is 0 Å². The quantitative estimate of drug-likeness (QED) is 0.0344. The minimum atomic E-state index is -0.143. The lowest BCUT2D eigenvalue weighted by Crippen LogP contribution is -1.93. The number of rotatable bonds is 35. The molecule has 0 saturated carbocycles. The molecule has 238 valence electrons. The Labute approximate surface area is 258 Å². The highest BCUT2D eigenvalue weighted by molar-refractivity contribution is 7.80. The summed E-state index contributed by atoms with van der Waals surface area (Å²) in [4.78, 5) is 13.8. The van der Waals surface area contributed by atoms with Crippen LogP contribution in [0, 0.1) is 0 Å². The van der Waals surface area contributed by atoms with Gasteiger partial charge in [0.15, 0.2) is 0 Å². The second-order valence-electron chi connectivity index (χ2n) is 12.8. The molecule has 0 radical (unpaired) electrons. The first-order valence-electron chi connectivity index (χ1n) is 18.6. The summed E-state index contributed by atoms with van der Waals surface area (Å²) < 4.78 is 0. The zero-order valence-corrected chi connectivity index (χ0v) is 28.3. The second-order valence-corrected chi connectivity index (χ2v) is 13.4. The van der Waals surface area contributed by atoms with E-state index in [0.717, 1.165) is 12.8 Å². The zero-order valence-electron chi connectivity index (χ0n) is 27.4. The highest BCUT2D eigenvalue weighted by atomic mass is 32.1. The molecule has 1 atom stereocenters. The molecule has 0 aliphatic carbocycles. The number of nitrogens with zero attached hydrogens (tertiary/aromatic N) is 1. The van der Waals surface area contributed by atoms with Crippen molar-refractivity contribution in [2.75, 3.05) is 0 Å². The average molecular weight is 580 g/mol. The van der Waals surface area contributed by atoms with Crippen molar-refractivity contribution in [1.29, 1.82) is 0 Å². The van der Waals surface area contributed by atoms with E-state index in [0.29, 0.717) is 0 Å². The highest BCUT2D eigenvalue weighted by Crippen LogP contribution is 2.17. The molecule has 0 N–H and O–H groups in total. The van der Waals surface area contributed by atoms with Crippen molar-refractivity contribution < 1.29 is 4.79 Å². The Balaban J connectivity index is 3.05. The molecule has 0 saturated heterocycles. The number of unbranched alkanes of at least 4 members (excludes halogenated alkanes) is 32. The molecule has 0 heterocycles. The summed E-state index contributed by atoms with van der Waals surface area (Å²) in [5.41, 5.74) is 0. The maximum Gasteiger partial charge on any atom is 0.236 e. The minimum Gasteiger partial charge on any atom is -0.211 e. The Kier molecular flexibility index (Phi) is 36.5. The Morgan fingerprint density at radius 2 is 0.600 bits per heavy atom. The van der Waals surface area contributed by atoms with Gasteiger partial charge >= 0.3 is 0 Å². The molecule has 0 bridgehead atoms. The van der Waals surface area contributed by atoms with Gasteiger partial charge in [-0.1, -0.05) is 219 Å². The van der Waals surface area contributed by atoms with Crippen LogP contribution in [-0.2, 0) is 4.79 Å². The minimum absolute atomic E-state index is 0.143. The number of hydrogen-bond donors (Lipinski definition) is 1. The maximum absolute atomic E-state index is 10.2. The molecule has 3 heteroatoms. The summed E-state index contributed by atoms with van der Waals surface area (Å²) in [6.07, 6.45) is 49.9. The van der Waals surface area contributed by atoms with Crippen LogP contribution in [0.4, 0.5) is 0 Å². The van der Waals surface area contributed by atoms with Crippen molar-refractivity contribution in [1.82, 2.24) is 0 Å². The van der Waals surface area contributed by atoms with E-state index in [9.17, 15) is 4.79 Å². The van der Waals surface area contributed by atoms with Gasteiger partial charge in [0.05, 0.1) is 0 Å². The molecule has 0 spiro atoms. The first kappa shape index (κ1) is 39.7. The number of carbonyl (C=O) groups excluding carboxylic acids is 1. The maximum atomic E-state index is 10.2. The van der Waals surface area contributed by atoms with Crippen LogP contribution in [0.1, 0.15) is 225 Å². The van der Waals surface area contributed by atoms with E-state index in [4.69, 9.17) is 0 Å². The number of aliphatic imine (C=N–C) groups is 1. The number of thiol groups is 1. The van der Waals surface area contributed by atoms with E-state index in [1.54, 1.807) is 6.08 Å². The van der Waals surface area contributed by atoms with Crippen LogP contribution in [0.2, 0.25) is 0 Å². The lowest BCUT2D eigenvalue weighted by molar-refractivity contribution is 0.511. The van der Waals surface area contributed by atoms with Gasteiger partial charge in [-0.25, -0.2) is 4.79 Å². The average Bonchev–Trinajstić information content (AvgIpc) is 2.95. The van der Waals surface area contributed by atoms with Gasteiger partial charge in [0.25, 0.3) is 0 Å². The van der Waals surface area contributed by atoms with Gasteiger partial charge in [-0.2, -0.15) is 17.6 Å². The number of hydrogen-bond acceptors (Lipinski definition) is 3. The van der Waals surface area contributed by atoms with Gasteiger partial charge in [-0.05, 0) is 6.42 Å². The molecule has 2 nitrogen and oxygen atoms in total. The van der Waals surface area contributed by atoms with Gasteiger partial charge in [0.2, 0.25) is 6.08 Å². The van der Waals surface area contributed by atoms with E-state index < -0.39 is 0 Å². The summed E-state index contributed by atoms with van der Waals surface area (Å²) in [7, 11) is 0. The van der Waals surface area contributed by atoms with Crippen molar-refractivity contribution in [2.45, 2.75) is 231 Å². The normalized spacial score (nSPS) is 12.1. The molecular formula is C37H73NOS. The summed E-state index contributed by atoms with van der Waals surface area (Å²) >= 11 is 4.25. The highest BCUT2D eigenvalue weighted by Gasteiger charge is 2.00. The predicted molar refractivity (Wildman–Crippen MR) is 184 cm³/mol. The molecule has 0 amide bonds. The van der Waals surface area contributed by atoms with Gasteiger partial charge in [0.1, 0.15) is 5.37 Å². The molecule has 1 unspecified atom stereocenters. The van der Waals surface area contributed by atoms with Crippen molar-refractivity contribution in [3.05, 3.63) is 0 Å². The zero-order chi connectivity index (χ0) is 29.0. The molecule has 0 aromatic carbocycles. The molecule has 0 rings (SSSR count). The van der Waals surface area contributed by atoms with Gasteiger partial charge in [-0.15, -0.1) is 0 Å². The largest absolute Gasteiger partial charge is 0.236 e. The molecule has 0 aromatic rings. The summed E-state index contributed by atoms with van der Waals surface area (Å²) in [5.74, 6) is 0. The third kappa shape index (κ3) is 35.8. The Hall–Kier alpha value is -0.270. The van der Waals surface area contributed by atoms with Crippen LogP contribution in [0.3, 0.4) is 0 Å². The van der Waals surface area contributed by atoms with Crippen molar-refractivity contribution >= 4 is 18.7 Å². The summed E-state index contributed by atoms with van der Waals surface area (Å²) in [5, 5.41) is -0.143. The van der Waals surface area contributed by atoms with Gasteiger partial charge in [0, 0.05) is 0 Å². The third-order valence-electron chi connectivity index (χ3n) is 8.77.